The molecule has 0 spiro atoms. The number of aliphatic imine (C=N–C) groups is 1. The van der Waals surface area contributed by atoms with Gasteiger partial charge in [0.15, 0.2) is 11.6 Å². The lowest BCUT2D eigenvalue weighted by atomic mass is 9.82. The van der Waals surface area contributed by atoms with Crippen LogP contribution in [0.1, 0.15) is 29.8 Å². The molecule has 2 atom stereocenters. The molecule has 3 rings (SSSR count). The highest BCUT2D eigenvalue weighted by atomic mass is 19.1. The summed E-state index contributed by atoms with van der Waals surface area (Å²) < 4.78 is 13.0. The van der Waals surface area contributed by atoms with Crippen molar-refractivity contribution in [2.45, 2.75) is 25.4 Å². The number of hydrogen-bond acceptors (Lipinski definition) is 5. The number of rotatable bonds is 7. The standard InChI is InChI=1S/C22H24FN5O3/c1-13(2)11-25-20(30)18-22(21(24)31,27-12-26-18)15-5-9-17(10-6-15)28-19(29)14-3-7-16(23)8-4-14/h3-10,12-13,18H,11H2,1-2H3,(H2,24,31)(H,25,30)(H,26,27)(H,28,29). The molecule has 0 fully saturated rings. The summed E-state index contributed by atoms with van der Waals surface area (Å²) in [7, 11) is 0. The molecule has 2 aromatic carbocycles. The molecule has 1 aliphatic rings. The van der Waals surface area contributed by atoms with Crippen LogP contribution in [0.15, 0.2) is 53.5 Å². The van der Waals surface area contributed by atoms with Gasteiger partial charge in [0.25, 0.3) is 11.8 Å². The van der Waals surface area contributed by atoms with Crippen LogP contribution in [0.25, 0.3) is 0 Å². The predicted octanol–water partition coefficient (Wildman–Crippen LogP) is 1.53. The van der Waals surface area contributed by atoms with Gasteiger partial charge in [-0.3, -0.25) is 19.4 Å². The monoisotopic (exact) mass is 425 g/mol. The Morgan fingerprint density at radius 3 is 2.35 bits per heavy atom. The second-order valence-corrected chi connectivity index (χ2v) is 7.67. The number of benzene rings is 2. The van der Waals surface area contributed by atoms with Crippen molar-refractivity contribution >= 4 is 29.7 Å². The van der Waals surface area contributed by atoms with Crippen LogP contribution in [0.4, 0.5) is 10.1 Å². The number of amides is 3. The Morgan fingerprint density at radius 1 is 1.13 bits per heavy atom. The van der Waals surface area contributed by atoms with E-state index in [2.05, 4.69) is 20.9 Å². The van der Waals surface area contributed by atoms with Crippen molar-refractivity contribution in [3.63, 3.8) is 0 Å². The molecule has 5 N–H and O–H groups in total. The van der Waals surface area contributed by atoms with Gasteiger partial charge in [0, 0.05) is 17.8 Å². The Morgan fingerprint density at radius 2 is 1.77 bits per heavy atom. The van der Waals surface area contributed by atoms with Gasteiger partial charge in [-0.25, -0.2) is 4.39 Å². The van der Waals surface area contributed by atoms with Crippen LogP contribution < -0.4 is 21.7 Å². The minimum atomic E-state index is -1.54. The van der Waals surface area contributed by atoms with E-state index in [-0.39, 0.29) is 5.92 Å². The SMILES string of the molecule is CC(C)CNC(=O)C1N=CNC1(C(N)=O)c1ccc(NC(=O)c2ccc(F)cc2)cc1. The molecule has 2 unspecified atom stereocenters. The van der Waals surface area contributed by atoms with E-state index in [0.717, 1.165) is 0 Å². The number of anilines is 1. The summed E-state index contributed by atoms with van der Waals surface area (Å²) in [6.07, 6.45) is 1.30. The Balaban J connectivity index is 1.81. The van der Waals surface area contributed by atoms with Gasteiger partial charge in [-0.1, -0.05) is 26.0 Å². The number of primary amides is 1. The third kappa shape index (κ3) is 4.55. The molecule has 2 aromatic rings. The number of carbonyl (C=O) groups is 3. The molecule has 1 heterocycles. The van der Waals surface area contributed by atoms with E-state index in [4.69, 9.17) is 5.73 Å². The molecule has 0 bridgehead atoms. The van der Waals surface area contributed by atoms with E-state index in [1.165, 1.54) is 30.6 Å². The van der Waals surface area contributed by atoms with Crippen LogP contribution in [-0.2, 0) is 15.1 Å². The molecule has 0 saturated carbocycles. The maximum Gasteiger partial charge on any atom is 0.255 e. The van der Waals surface area contributed by atoms with Crippen molar-refractivity contribution in [2.24, 2.45) is 16.6 Å². The first kappa shape index (κ1) is 21.9. The van der Waals surface area contributed by atoms with Crippen LogP contribution in [0, 0.1) is 11.7 Å². The first-order chi connectivity index (χ1) is 14.7. The molecule has 31 heavy (non-hydrogen) atoms. The van der Waals surface area contributed by atoms with E-state index < -0.39 is 35.1 Å². The van der Waals surface area contributed by atoms with Crippen LogP contribution >= 0.6 is 0 Å². The highest BCUT2D eigenvalue weighted by Gasteiger charge is 2.52. The minimum Gasteiger partial charge on any atom is -0.367 e. The molecule has 0 aliphatic carbocycles. The van der Waals surface area contributed by atoms with Crippen LogP contribution in [0.3, 0.4) is 0 Å². The zero-order valence-corrected chi connectivity index (χ0v) is 17.2. The van der Waals surface area contributed by atoms with Gasteiger partial charge in [0.05, 0.1) is 6.34 Å². The summed E-state index contributed by atoms with van der Waals surface area (Å²) in [5, 5.41) is 8.32. The Bertz CT molecular complexity index is 1000. The number of carbonyl (C=O) groups excluding carboxylic acids is 3. The van der Waals surface area contributed by atoms with Crippen molar-refractivity contribution in [3.8, 4) is 0 Å². The summed E-state index contributed by atoms with van der Waals surface area (Å²) in [5.74, 6) is -1.78. The van der Waals surface area contributed by atoms with Gasteiger partial charge in [0.1, 0.15) is 5.82 Å². The smallest absolute Gasteiger partial charge is 0.255 e. The highest BCUT2D eigenvalue weighted by molar-refractivity contribution is 6.04. The van der Waals surface area contributed by atoms with Gasteiger partial charge in [0.2, 0.25) is 5.91 Å². The lowest BCUT2D eigenvalue weighted by molar-refractivity contribution is -0.131. The van der Waals surface area contributed by atoms with E-state index in [0.29, 0.717) is 23.4 Å². The number of halogens is 1. The second kappa shape index (κ2) is 8.95. The summed E-state index contributed by atoms with van der Waals surface area (Å²) in [6.45, 7) is 4.35. The molecule has 8 nitrogen and oxygen atoms in total. The second-order valence-electron chi connectivity index (χ2n) is 7.67. The number of nitrogens with one attached hydrogen (secondary N) is 3. The maximum absolute atomic E-state index is 13.0. The average molecular weight is 425 g/mol. The number of nitrogens with two attached hydrogens (primary N) is 1. The largest absolute Gasteiger partial charge is 0.367 e. The molecule has 0 aromatic heterocycles. The van der Waals surface area contributed by atoms with Crippen molar-refractivity contribution in [2.75, 3.05) is 11.9 Å². The van der Waals surface area contributed by atoms with E-state index in [1.54, 1.807) is 24.3 Å². The zero-order chi connectivity index (χ0) is 22.6. The quantitative estimate of drug-likeness (QED) is 0.537. The van der Waals surface area contributed by atoms with Gasteiger partial charge in [-0.05, 0) is 47.9 Å². The lowest BCUT2D eigenvalue weighted by Crippen LogP contribution is -2.60. The molecule has 162 valence electrons. The summed E-state index contributed by atoms with van der Waals surface area (Å²) in [6, 6.07) is 10.4. The fourth-order valence-corrected chi connectivity index (χ4v) is 3.28. The van der Waals surface area contributed by atoms with E-state index in [9.17, 15) is 18.8 Å². The first-order valence-electron chi connectivity index (χ1n) is 9.78. The summed E-state index contributed by atoms with van der Waals surface area (Å²) in [4.78, 5) is 41.6. The fraction of sp³-hybridized carbons (Fsp3) is 0.273. The summed E-state index contributed by atoms with van der Waals surface area (Å²) in [5.41, 5.74) is 5.34. The lowest BCUT2D eigenvalue weighted by Gasteiger charge is -2.31. The first-order valence-corrected chi connectivity index (χ1v) is 9.78. The van der Waals surface area contributed by atoms with E-state index in [1.807, 2.05) is 13.8 Å². The Hall–Kier alpha value is -3.75. The van der Waals surface area contributed by atoms with Crippen molar-refractivity contribution in [3.05, 3.63) is 65.5 Å². The molecular formula is C22H24FN5O3. The molecular weight excluding hydrogens is 401 g/mol. The third-order valence-electron chi connectivity index (χ3n) is 4.95. The minimum absolute atomic E-state index is 0.231. The van der Waals surface area contributed by atoms with Crippen molar-refractivity contribution < 1.29 is 18.8 Å². The van der Waals surface area contributed by atoms with Gasteiger partial charge >= 0.3 is 0 Å². The van der Waals surface area contributed by atoms with Crippen molar-refractivity contribution in [1.29, 1.82) is 0 Å². The van der Waals surface area contributed by atoms with Gasteiger partial charge in [-0.2, -0.15) is 0 Å². The third-order valence-corrected chi connectivity index (χ3v) is 4.95. The highest BCUT2D eigenvalue weighted by Crippen LogP contribution is 2.31. The van der Waals surface area contributed by atoms with Crippen LogP contribution in [0.5, 0.6) is 0 Å². The van der Waals surface area contributed by atoms with Crippen LogP contribution in [0.2, 0.25) is 0 Å². The van der Waals surface area contributed by atoms with Gasteiger partial charge in [-0.15, -0.1) is 0 Å². The normalized spacial score (nSPS) is 19.7. The van der Waals surface area contributed by atoms with Crippen molar-refractivity contribution in [1.82, 2.24) is 10.6 Å². The number of hydrogen-bond donors (Lipinski definition) is 4. The Labute approximate surface area is 179 Å². The van der Waals surface area contributed by atoms with E-state index >= 15 is 0 Å². The van der Waals surface area contributed by atoms with Gasteiger partial charge < -0.3 is 21.7 Å². The average Bonchev–Trinajstić information content (AvgIpc) is 3.19. The molecule has 1 aliphatic heterocycles. The topological polar surface area (TPSA) is 126 Å². The molecule has 9 heteroatoms. The Kier molecular flexibility index (Phi) is 6.33. The maximum atomic E-state index is 13.0. The molecule has 0 saturated heterocycles. The predicted molar refractivity (Wildman–Crippen MR) is 115 cm³/mol. The van der Waals surface area contributed by atoms with Crippen LogP contribution in [-0.4, -0.2) is 36.6 Å². The zero-order valence-electron chi connectivity index (χ0n) is 17.2. The fourth-order valence-electron chi connectivity index (χ4n) is 3.28. The summed E-state index contributed by atoms with van der Waals surface area (Å²) >= 11 is 0. The molecule has 3 amide bonds. The molecule has 0 radical (unpaired) electrons. The number of nitrogens with zero attached hydrogens (tertiary/aromatic N) is 1.